The van der Waals surface area contributed by atoms with Crippen molar-refractivity contribution in [3.05, 3.63) is 59.6 Å². The van der Waals surface area contributed by atoms with Crippen LogP contribution in [0.5, 0.6) is 5.88 Å². The van der Waals surface area contributed by atoms with E-state index < -0.39 is 0 Å². The Morgan fingerprint density at radius 1 is 1.26 bits per heavy atom. The maximum absolute atomic E-state index is 5.77. The lowest BCUT2D eigenvalue weighted by atomic mass is 10.2. The van der Waals surface area contributed by atoms with Crippen molar-refractivity contribution < 1.29 is 4.74 Å². The van der Waals surface area contributed by atoms with Crippen LogP contribution in [0, 0.1) is 13.8 Å². The first-order valence-corrected chi connectivity index (χ1v) is 6.86. The first-order chi connectivity index (χ1) is 9.25. The second kappa shape index (κ2) is 4.97. The Morgan fingerprint density at radius 2 is 2.05 bits per heavy atom. The highest BCUT2D eigenvalue weighted by Gasteiger charge is 2.12. The minimum absolute atomic E-state index is 0.492. The Bertz CT molecular complexity index is 707. The van der Waals surface area contributed by atoms with Gasteiger partial charge in [0, 0.05) is 5.56 Å². The molecule has 19 heavy (non-hydrogen) atoms. The quantitative estimate of drug-likeness (QED) is 0.726. The summed E-state index contributed by atoms with van der Waals surface area (Å²) in [5.41, 5.74) is 5.51. The zero-order valence-electron chi connectivity index (χ0n) is 10.6. The van der Waals surface area contributed by atoms with Crippen molar-refractivity contribution in [1.82, 2.24) is 9.97 Å². The number of hydrogen-bond acceptors (Lipinski definition) is 4. The second-order valence-electron chi connectivity index (χ2n) is 4.29. The fourth-order valence-corrected chi connectivity index (χ4v) is 2.70. The third kappa shape index (κ3) is 2.31. The third-order valence-corrected chi connectivity index (χ3v) is 3.86. The average Bonchev–Trinajstić information content (AvgIpc) is 2.92. The Morgan fingerprint density at radius 3 is 2.84 bits per heavy atom. The maximum atomic E-state index is 5.77. The van der Waals surface area contributed by atoms with Gasteiger partial charge in [-0.15, -0.1) is 11.3 Å². The number of benzene rings is 1. The van der Waals surface area contributed by atoms with E-state index in [0.717, 1.165) is 27.0 Å². The van der Waals surface area contributed by atoms with E-state index in [1.165, 1.54) is 0 Å². The van der Waals surface area contributed by atoms with Gasteiger partial charge in [0.1, 0.15) is 6.61 Å². The van der Waals surface area contributed by atoms with E-state index in [1.807, 2.05) is 42.8 Å². The van der Waals surface area contributed by atoms with E-state index in [2.05, 4.69) is 16.9 Å². The van der Waals surface area contributed by atoms with Crippen molar-refractivity contribution in [3.63, 3.8) is 0 Å². The molecule has 0 saturated carbocycles. The van der Waals surface area contributed by atoms with Gasteiger partial charge in [-0.1, -0.05) is 30.3 Å². The van der Waals surface area contributed by atoms with E-state index in [0.29, 0.717) is 12.5 Å². The molecule has 0 aliphatic rings. The number of aromatic nitrogens is 2. The molecule has 0 spiro atoms. The third-order valence-electron chi connectivity index (χ3n) is 2.93. The lowest BCUT2D eigenvalue weighted by Gasteiger charge is -2.09. The molecule has 0 bridgehead atoms. The molecule has 3 aromatic rings. The normalized spacial score (nSPS) is 10.8. The van der Waals surface area contributed by atoms with Crippen LogP contribution in [0.2, 0.25) is 0 Å². The van der Waals surface area contributed by atoms with Crippen LogP contribution in [0.1, 0.15) is 16.8 Å². The first kappa shape index (κ1) is 12.1. The monoisotopic (exact) mass is 269 g/mol. The minimum atomic E-state index is 0.492. The van der Waals surface area contributed by atoms with Gasteiger partial charge < -0.3 is 4.74 Å². The molecular weight excluding hydrogens is 256 g/mol. The predicted molar refractivity (Wildman–Crippen MR) is 77.4 cm³/mol. The molecule has 2 heterocycles. The summed E-state index contributed by atoms with van der Waals surface area (Å²) in [7, 11) is 0. The van der Waals surface area contributed by atoms with Gasteiger partial charge in [0.25, 0.3) is 0 Å². The number of pyridine rings is 1. The van der Waals surface area contributed by atoms with Crippen LogP contribution >= 0.6 is 11.3 Å². The van der Waals surface area contributed by atoms with Gasteiger partial charge >= 0.3 is 0 Å². The van der Waals surface area contributed by atoms with E-state index in [4.69, 9.17) is 4.74 Å². The Labute approximate surface area is 115 Å². The molecule has 3 rings (SSSR count). The second-order valence-corrected chi connectivity index (χ2v) is 5.14. The summed E-state index contributed by atoms with van der Waals surface area (Å²) in [6.45, 7) is 6.49. The van der Waals surface area contributed by atoms with Crippen molar-refractivity contribution in [1.29, 1.82) is 0 Å². The van der Waals surface area contributed by atoms with Crippen LogP contribution in [0.25, 0.3) is 10.2 Å². The maximum Gasteiger partial charge on any atom is 0.219 e. The molecule has 4 heteroatoms. The standard InChI is InChI=1S/C15H13N2OS/c1-10-13-14(19-9-16-13)11(2)17-15(10)18-8-12-6-4-3-5-7-12/h3-7,9H,1,8H2,2H3. The van der Waals surface area contributed by atoms with Gasteiger partial charge in [0.05, 0.1) is 21.4 Å². The van der Waals surface area contributed by atoms with Crippen LogP contribution in [-0.4, -0.2) is 9.97 Å². The van der Waals surface area contributed by atoms with Crippen molar-refractivity contribution in [2.45, 2.75) is 13.5 Å². The molecule has 0 aliphatic carbocycles. The molecule has 3 nitrogen and oxygen atoms in total. The zero-order chi connectivity index (χ0) is 13.2. The molecule has 0 unspecified atom stereocenters. The van der Waals surface area contributed by atoms with Crippen LogP contribution in [0.4, 0.5) is 0 Å². The van der Waals surface area contributed by atoms with Crippen LogP contribution < -0.4 is 4.74 Å². The summed E-state index contributed by atoms with van der Waals surface area (Å²) in [5, 5.41) is 0. The smallest absolute Gasteiger partial charge is 0.219 e. The number of thiazole rings is 1. The molecule has 0 atom stereocenters. The Hall–Kier alpha value is -1.94. The molecule has 0 saturated heterocycles. The van der Waals surface area contributed by atoms with Gasteiger partial charge in [0.2, 0.25) is 5.88 Å². The summed E-state index contributed by atoms with van der Waals surface area (Å²) < 4.78 is 6.85. The van der Waals surface area contributed by atoms with E-state index >= 15 is 0 Å². The highest BCUT2D eigenvalue weighted by Crippen LogP contribution is 2.29. The average molecular weight is 269 g/mol. The molecule has 0 fully saturated rings. The lowest BCUT2D eigenvalue weighted by molar-refractivity contribution is 0.292. The highest BCUT2D eigenvalue weighted by molar-refractivity contribution is 7.16. The molecule has 0 aliphatic heterocycles. The SMILES string of the molecule is [CH2]c1c(OCc2ccccc2)nc(C)c2scnc12. The molecule has 95 valence electrons. The molecule has 1 radical (unpaired) electrons. The predicted octanol–water partition coefficient (Wildman–Crippen LogP) is 3.76. The number of fused-ring (bicyclic) bond motifs is 1. The van der Waals surface area contributed by atoms with Crippen LogP contribution in [0.15, 0.2) is 35.8 Å². The molecule has 1 aromatic carbocycles. The highest BCUT2D eigenvalue weighted by atomic mass is 32.1. The van der Waals surface area contributed by atoms with Gasteiger partial charge in [-0.3, -0.25) is 0 Å². The van der Waals surface area contributed by atoms with Gasteiger partial charge in [-0.2, -0.15) is 0 Å². The van der Waals surface area contributed by atoms with Crippen molar-refractivity contribution in [2.24, 2.45) is 0 Å². The summed E-state index contributed by atoms with van der Waals surface area (Å²) >= 11 is 1.58. The number of ether oxygens (including phenoxy) is 1. The van der Waals surface area contributed by atoms with Gasteiger partial charge in [-0.25, -0.2) is 9.97 Å². The fraction of sp³-hybridized carbons (Fsp3) is 0.133. The summed E-state index contributed by atoms with van der Waals surface area (Å²) in [5.74, 6) is 0.569. The molecule has 0 N–H and O–H groups in total. The fourth-order valence-electron chi connectivity index (χ4n) is 1.93. The van der Waals surface area contributed by atoms with Gasteiger partial charge in [0.15, 0.2) is 0 Å². The van der Waals surface area contributed by atoms with Crippen molar-refractivity contribution in [3.8, 4) is 5.88 Å². The number of hydrogen-bond donors (Lipinski definition) is 0. The molecule has 0 amide bonds. The number of rotatable bonds is 3. The molecule has 2 aromatic heterocycles. The number of aryl methyl sites for hydroxylation is 1. The Kier molecular flexibility index (Phi) is 3.17. The largest absolute Gasteiger partial charge is 0.473 e. The summed E-state index contributed by atoms with van der Waals surface area (Å²) in [6.07, 6.45) is 0. The van der Waals surface area contributed by atoms with E-state index in [9.17, 15) is 0 Å². The summed E-state index contributed by atoms with van der Waals surface area (Å²) in [6, 6.07) is 10.0. The van der Waals surface area contributed by atoms with E-state index in [-0.39, 0.29) is 0 Å². The first-order valence-electron chi connectivity index (χ1n) is 5.98. The minimum Gasteiger partial charge on any atom is -0.473 e. The zero-order valence-corrected chi connectivity index (χ0v) is 11.4. The lowest BCUT2D eigenvalue weighted by Crippen LogP contribution is -2.00. The van der Waals surface area contributed by atoms with E-state index in [1.54, 1.807) is 11.3 Å². The van der Waals surface area contributed by atoms with Crippen LogP contribution in [0.3, 0.4) is 0 Å². The molecular formula is C15H13N2OS. The van der Waals surface area contributed by atoms with Crippen molar-refractivity contribution in [2.75, 3.05) is 0 Å². The Balaban J connectivity index is 1.91. The number of nitrogens with zero attached hydrogens (tertiary/aromatic N) is 2. The van der Waals surface area contributed by atoms with Crippen LogP contribution in [-0.2, 0) is 6.61 Å². The summed E-state index contributed by atoms with van der Waals surface area (Å²) in [4.78, 5) is 8.80. The topological polar surface area (TPSA) is 35.0 Å². The van der Waals surface area contributed by atoms with Gasteiger partial charge in [-0.05, 0) is 19.4 Å². The van der Waals surface area contributed by atoms with Crippen molar-refractivity contribution >= 4 is 21.6 Å².